The predicted molar refractivity (Wildman–Crippen MR) is 77.0 cm³/mol. The van der Waals surface area contributed by atoms with Crippen molar-refractivity contribution in [3.8, 4) is 0 Å². The summed E-state index contributed by atoms with van der Waals surface area (Å²) in [5.41, 5.74) is 0. The van der Waals surface area contributed by atoms with Crippen LogP contribution in [0.3, 0.4) is 0 Å². The first-order chi connectivity index (χ1) is 8.83. The maximum absolute atomic E-state index is 11.5. The minimum absolute atomic E-state index is 0.0862. The lowest BCUT2D eigenvalue weighted by Gasteiger charge is -2.22. The molecule has 104 valence electrons. The third-order valence-corrected chi connectivity index (χ3v) is 3.74. The van der Waals surface area contributed by atoms with Crippen molar-refractivity contribution in [3.05, 3.63) is 12.7 Å². The highest BCUT2D eigenvalue weighted by Gasteiger charge is 2.13. The number of nitrogens with one attached hydrogen (secondary N) is 2. The molecule has 4 nitrogen and oxygen atoms in total. The van der Waals surface area contributed by atoms with Gasteiger partial charge in [-0.15, -0.1) is 6.58 Å². The van der Waals surface area contributed by atoms with Crippen LogP contribution in [0, 0.1) is 0 Å². The van der Waals surface area contributed by atoms with Gasteiger partial charge in [0.25, 0.3) is 0 Å². The zero-order valence-electron chi connectivity index (χ0n) is 11.0. The molecule has 0 unspecified atom stereocenters. The second kappa shape index (κ2) is 10.4. The number of ether oxygens (including phenoxy) is 1. The monoisotopic (exact) mass is 272 g/mol. The van der Waals surface area contributed by atoms with Gasteiger partial charge in [0.2, 0.25) is 5.91 Å². The molecule has 0 aromatic rings. The number of hydrogen-bond donors (Lipinski definition) is 2. The van der Waals surface area contributed by atoms with Crippen molar-refractivity contribution in [1.29, 1.82) is 0 Å². The van der Waals surface area contributed by atoms with Crippen molar-refractivity contribution in [1.82, 2.24) is 10.6 Å². The fraction of sp³-hybridized carbons (Fsp3) is 0.769. The second-order valence-electron chi connectivity index (χ2n) is 4.28. The molecule has 0 spiro atoms. The molecular weight excluding hydrogens is 248 g/mol. The van der Waals surface area contributed by atoms with E-state index in [9.17, 15) is 4.79 Å². The molecule has 1 heterocycles. The van der Waals surface area contributed by atoms with Gasteiger partial charge in [0.05, 0.1) is 12.7 Å². The van der Waals surface area contributed by atoms with Crippen molar-refractivity contribution < 1.29 is 9.53 Å². The van der Waals surface area contributed by atoms with Gasteiger partial charge >= 0.3 is 0 Å². The Morgan fingerprint density at radius 1 is 1.50 bits per heavy atom. The Hall–Kier alpha value is -0.520. The van der Waals surface area contributed by atoms with Crippen molar-refractivity contribution >= 4 is 17.7 Å². The summed E-state index contributed by atoms with van der Waals surface area (Å²) in [7, 11) is 0. The average Bonchev–Trinajstić information content (AvgIpc) is 2.40. The summed E-state index contributed by atoms with van der Waals surface area (Å²) in [6, 6.07) is 0. The van der Waals surface area contributed by atoms with E-state index in [1.807, 2.05) is 6.08 Å². The maximum Gasteiger partial charge on any atom is 0.222 e. The standard InChI is InChI=1S/C13H24N2O2S/c1-2-10-18-11-8-15-13(16)5-9-17-12-3-6-14-7-4-12/h2,12,14H,1,3-11H2,(H,15,16). The number of carbonyl (C=O) groups excluding carboxylic acids is 1. The van der Waals surface area contributed by atoms with Crippen LogP contribution in [-0.4, -0.2) is 49.8 Å². The lowest BCUT2D eigenvalue weighted by Crippen LogP contribution is -2.33. The molecule has 18 heavy (non-hydrogen) atoms. The minimum atomic E-state index is 0.0862. The summed E-state index contributed by atoms with van der Waals surface area (Å²) in [6.07, 6.45) is 4.79. The Kier molecular flexibility index (Phi) is 8.98. The molecule has 1 amide bonds. The number of piperidine rings is 1. The van der Waals surface area contributed by atoms with Crippen LogP contribution in [0.5, 0.6) is 0 Å². The molecule has 5 heteroatoms. The van der Waals surface area contributed by atoms with E-state index in [4.69, 9.17) is 4.74 Å². The summed E-state index contributed by atoms with van der Waals surface area (Å²) in [4.78, 5) is 11.5. The van der Waals surface area contributed by atoms with E-state index in [0.29, 0.717) is 19.1 Å². The highest BCUT2D eigenvalue weighted by atomic mass is 32.2. The molecule has 1 aliphatic heterocycles. The Morgan fingerprint density at radius 2 is 2.28 bits per heavy atom. The molecule has 1 aliphatic rings. The van der Waals surface area contributed by atoms with Crippen LogP contribution >= 0.6 is 11.8 Å². The van der Waals surface area contributed by atoms with Crippen molar-refractivity contribution in [2.75, 3.05) is 37.7 Å². The summed E-state index contributed by atoms with van der Waals surface area (Å²) in [5.74, 6) is 1.96. The molecule has 0 aromatic heterocycles. The summed E-state index contributed by atoms with van der Waals surface area (Å²) < 4.78 is 5.68. The SMILES string of the molecule is C=CCSCCNC(=O)CCOC1CCNCC1. The Morgan fingerprint density at radius 3 is 3.00 bits per heavy atom. The zero-order valence-corrected chi connectivity index (χ0v) is 11.8. The van der Waals surface area contributed by atoms with Gasteiger partial charge in [0, 0.05) is 24.5 Å². The largest absolute Gasteiger partial charge is 0.378 e. The van der Waals surface area contributed by atoms with Crippen LogP contribution < -0.4 is 10.6 Å². The van der Waals surface area contributed by atoms with Crippen molar-refractivity contribution in [3.63, 3.8) is 0 Å². The first-order valence-corrected chi connectivity index (χ1v) is 7.76. The van der Waals surface area contributed by atoms with Gasteiger partial charge in [-0.2, -0.15) is 11.8 Å². The van der Waals surface area contributed by atoms with E-state index >= 15 is 0 Å². The molecule has 1 rings (SSSR count). The fourth-order valence-electron chi connectivity index (χ4n) is 1.80. The van der Waals surface area contributed by atoms with Crippen molar-refractivity contribution in [2.45, 2.75) is 25.4 Å². The lowest BCUT2D eigenvalue weighted by molar-refractivity contribution is -0.122. The van der Waals surface area contributed by atoms with Gasteiger partial charge in [-0.3, -0.25) is 4.79 Å². The molecule has 0 atom stereocenters. The third-order valence-electron chi connectivity index (χ3n) is 2.77. The van der Waals surface area contributed by atoms with E-state index < -0.39 is 0 Å². The van der Waals surface area contributed by atoms with E-state index in [-0.39, 0.29) is 5.91 Å². The van der Waals surface area contributed by atoms with Gasteiger partial charge < -0.3 is 15.4 Å². The topological polar surface area (TPSA) is 50.4 Å². The van der Waals surface area contributed by atoms with Crippen LogP contribution in [0.4, 0.5) is 0 Å². The number of carbonyl (C=O) groups is 1. The summed E-state index contributed by atoms with van der Waals surface area (Å²) in [5, 5.41) is 6.18. The smallest absolute Gasteiger partial charge is 0.222 e. The van der Waals surface area contributed by atoms with E-state index in [0.717, 1.165) is 44.0 Å². The van der Waals surface area contributed by atoms with Crippen LogP contribution in [0.15, 0.2) is 12.7 Å². The molecule has 0 saturated carbocycles. The van der Waals surface area contributed by atoms with Crippen LogP contribution in [0.1, 0.15) is 19.3 Å². The molecule has 1 fully saturated rings. The fourth-order valence-corrected chi connectivity index (χ4v) is 2.38. The summed E-state index contributed by atoms with van der Waals surface area (Å²) >= 11 is 1.77. The second-order valence-corrected chi connectivity index (χ2v) is 5.43. The first-order valence-electron chi connectivity index (χ1n) is 6.60. The van der Waals surface area contributed by atoms with Crippen LogP contribution in [0.25, 0.3) is 0 Å². The molecule has 2 N–H and O–H groups in total. The number of rotatable bonds is 9. The first kappa shape index (κ1) is 15.5. The number of amides is 1. The Labute approximate surface area is 114 Å². The molecule has 1 saturated heterocycles. The zero-order chi connectivity index (χ0) is 13.1. The lowest BCUT2D eigenvalue weighted by atomic mass is 10.1. The Balaban J connectivity index is 1.91. The van der Waals surface area contributed by atoms with Crippen molar-refractivity contribution in [2.24, 2.45) is 0 Å². The van der Waals surface area contributed by atoms with Crippen LogP contribution in [0.2, 0.25) is 0 Å². The molecule has 0 aliphatic carbocycles. The molecule has 0 bridgehead atoms. The highest BCUT2D eigenvalue weighted by molar-refractivity contribution is 7.99. The van der Waals surface area contributed by atoms with Gasteiger partial charge in [-0.25, -0.2) is 0 Å². The van der Waals surface area contributed by atoms with Gasteiger partial charge in [-0.1, -0.05) is 6.08 Å². The van der Waals surface area contributed by atoms with Crippen LogP contribution in [-0.2, 0) is 9.53 Å². The van der Waals surface area contributed by atoms with Gasteiger partial charge in [0.1, 0.15) is 0 Å². The molecular formula is C13H24N2O2S. The number of thioether (sulfide) groups is 1. The highest BCUT2D eigenvalue weighted by Crippen LogP contribution is 2.07. The number of hydrogen-bond acceptors (Lipinski definition) is 4. The van der Waals surface area contributed by atoms with Gasteiger partial charge in [0.15, 0.2) is 0 Å². The molecule has 0 aromatic carbocycles. The Bertz CT molecular complexity index is 243. The predicted octanol–water partition coefficient (Wildman–Crippen LogP) is 1.18. The van der Waals surface area contributed by atoms with E-state index in [1.54, 1.807) is 11.8 Å². The third kappa shape index (κ3) is 7.74. The average molecular weight is 272 g/mol. The molecule has 0 radical (unpaired) electrons. The maximum atomic E-state index is 11.5. The quantitative estimate of drug-likeness (QED) is 0.489. The normalized spacial score (nSPS) is 16.4. The minimum Gasteiger partial charge on any atom is -0.378 e. The summed E-state index contributed by atoms with van der Waals surface area (Å²) in [6.45, 7) is 6.96. The van der Waals surface area contributed by atoms with E-state index in [1.165, 1.54) is 0 Å². The van der Waals surface area contributed by atoms with E-state index in [2.05, 4.69) is 17.2 Å². The van der Waals surface area contributed by atoms with Gasteiger partial charge in [-0.05, 0) is 25.9 Å².